The number of nitro groups is 1. The lowest BCUT2D eigenvalue weighted by molar-refractivity contribution is -0.385. The van der Waals surface area contributed by atoms with E-state index in [1.807, 2.05) is 0 Å². The maximum Gasteiger partial charge on any atom is 0.311 e. The molecule has 6 heteroatoms. The van der Waals surface area contributed by atoms with Gasteiger partial charge in [-0.15, -0.1) is 11.6 Å². The third-order valence-corrected chi connectivity index (χ3v) is 2.98. The summed E-state index contributed by atoms with van der Waals surface area (Å²) in [6.45, 7) is 0. The van der Waals surface area contributed by atoms with E-state index in [9.17, 15) is 10.1 Å². The van der Waals surface area contributed by atoms with Crippen LogP contribution in [0.15, 0.2) is 42.5 Å². The lowest BCUT2D eigenvalue weighted by Crippen LogP contribution is -1.95. The third-order valence-electron chi connectivity index (χ3n) is 2.46. The predicted molar refractivity (Wildman–Crippen MR) is 74.2 cm³/mol. The molecule has 0 saturated carbocycles. The molecule has 0 bridgehead atoms. The van der Waals surface area contributed by atoms with E-state index < -0.39 is 4.92 Å². The van der Waals surface area contributed by atoms with E-state index in [2.05, 4.69) is 0 Å². The number of hydrogen-bond acceptors (Lipinski definition) is 3. The van der Waals surface area contributed by atoms with Gasteiger partial charge in [0, 0.05) is 16.7 Å². The van der Waals surface area contributed by atoms with Crippen molar-refractivity contribution in [2.45, 2.75) is 5.88 Å². The maximum absolute atomic E-state index is 10.9. The standard InChI is InChI=1S/C13H9Cl2NO3/c14-8-9-5-6-10(15)7-13(9)19-12-4-2-1-3-11(12)16(17)18/h1-7H,8H2. The van der Waals surface area contributed by atoms with Crippen LogP contribution in [0.4, 0.5) is 5.69 Å². The molecule has 2 rings (SSSR count). The van der Waals surface area contributed by atoms with Crippen LogP contribution in [0.1, 0.15) is 5.56 Å². The van der Waals surface area contributed by atoms with Crippen LogP contribution in [0.2, 0.25) is 5.02 Å². The largest absolute Gasteiger partial charge is 0.450 e. The fourth-order valence-corrected chi connectivity index (χ4v) is 1.93. The van der Waals surface area contributed by atoms with Gasteiger partial charge in [-0.3, -0.25) is 10.1 Å². The molecule has 0 aliphatic rings. The van der Waals surface area contributed by atoms with Crippen molar-refractivity contribution < 1.29 is 9.66 Å². The average molecular weight is 298 g/mol. The first-order chi connectivity index (χ1) is 9.11. The van der Waals surface area contributed by atoms with Gasteiger partial charge in [-0.05, 0) is 18.2 Å². The van der Waals surface area contributed by atoms with Gasteiger partial charge < -0.3 is 4.74 Å². The molecule has 0 N–H and O–H groups in total. The molecule has 0 aliphatic heterocycles. The van der Waals surface area contributed by atoms with E-state index >= 15 is 0 Å². The first kappa shape index (κ1) is 13.6. The highest BCUT2D eigenvalue weighted by Gasteiger charge is 2.15. The lowest BCUT2D eigenvalue weighted by atomic mass is 10.2. The number of alkyl halides is 1. The summed E-state index contributed by atoms with van der Waals surface area (Å²) in [6.07, 6.45) is 0. The topological polar surface area (TPSA) is 52.4 Å². The van der Waals surface area contributed by atoms with Crippen LogP contribution in [0.25, 0.3) is 0 Å². The number of hydrogen-bond donors (Lipinski definition) is 0. The van der Waals surface area contributed by atoms with Gasteiger partial charge in [0.15, 0.2) is 0 Å². The molecule has 0 amide bonds. The van der Waals surface area contributed by atoms with E-state index in [0.29, 0.717) is 16.3 Å². The summed E-state index contributed by atoms with van der Waals surface area (Å²) in [5.41, 5.74) is 0.604. The maximum atomic E-state index is 10.9. The van der Waals surface area contributed by atoms with Crippen molar-refractivity contribution in [1.82, 2.24) is 0 Å². The van der Waals surface area contributed by atoms with Crippen LogP contribution in [0.3, 0.4) is 0 Å². The van der Waals surface area contributed by atoms with Gasteiger partial charge in [0.25, 0.3) is 0 Å². The monoisotopic (exact) mass is 297 g/mol. The summed E-state index contributed by atoms with van der Waals surface area (Å²) in [4.78, 5) is 10.4. The molecule has 0 aromatic heterocycles. The van der Waals surface area contributed by atoms with E-state index in [1.165, 1.54) is 12.1 Å². The summed E-state index contributed by atoms with van der Waals surface area (Å²) in [5.74, 6) is 0.797. The summed E-state index contributed by atoms with van der Waals surface area (Å²) < 4.78 is 5.56. The van der Waals surface area contributed by atoms with Crippen LogP contribution >= 0.6 is 23.2 Å². The molecule has 0 spiro atoms. The van der Waals surface area contributed by atoms with E-state index in [0.717, 1.165) is 0 Å². The quantitative estimate of drug-likeness (QED) is 0.463. The molecule has 19 heavy (non-hydrogen) atoms. The molecule has 2 aromatic carbocycles. The van der Waals surface area contributed by atoms with Crippen molar-refractivity contribution >= 4 is 28.9 Å². The third kappa shape index (κ3) is 3.16. The number of para-hydroxylation sites is 2. The van der Waals surface area contributed by atoms with Crippen LogP contribution in [-0.4, -0.2) is 4.92 Å². The molecule has 0 heterocycles. The average Bonchev–Trinajstić information content (AvgIpc) is 2.39. The Hall–Kier alpha value is -1.78. The first-order valence-corrected chi connectivity index (χ1v) is 6.28. The Morgan fingerprint density at radius 3 is 2.58 bits per heavy atom. The van der Waals surface area contributed by atoms with Gasteiger partial charge >= 0.3 is 5.69 Å². The molecule has 4 nitrogen and oxygen atoms in total. The minimum Gasteiger partial charge on any atom is -0.450 e. The highest BCUT2D eigenvalue weighted by Crippen LogP contribution is 2.34. The zero-order chi connectivity index (χ0) is 13.8. The second-order valence-corrected chi connectivity index (χ2v) is 4.42. The number of rotatable bonds is 4. The zero-order valence-electron chi connectivity index (χ0n) is 9.68. The molecule has 0 aliphatic carbocycles. The van der Waals surface area contributed by atoms with Crippen molar-refractivity contribution in [1.29, 1.82) is 0 Å². The summed E-state index contributed by atoms with van der Waals surface area (Å²) >= 11 is 11.7. The number of benzene rings is 2. The van der Waals surface area contributed by atoms with Gasteiger partial charge in [-0.25, -0.2) is 0 Å². The van der Waals surface area contributed by atoms with Crippen LogP contribution in [0.5, 0.6) is 11.5 Å². The van der Waals surface area contributed by atoms with Gasteiger partial charge in [0.1, 0.15) is 5.75 Å². The van der Waals surface area contributed by atoms with Crippen molar-refractivity contribution in [3.8, 4) is 11.5 Å². The lowest BCUT2D eigenvalue weighted by Gasteiger charge is -2.10. The molecule has 0 radical (unpaired) electrons. The predicted octanol–water partition coefficient (Wildman–Crippen LogP) is 4.78. The van der Waals surface area contributed by atoms with Crippen LogP contribution in [0, 0.1) is 10.1 Å². The molecule has 0 unspecified atom stereocenters. The Morgan fingerprint density at radius 1 is 1.16 bits per heavy atom. The number of halogens is 2. The SMILES string of the molecule is O=[N+]([O-])c1ccccc1Oc1cc(Cl)ccc1CCl. The number of nitrogens with zero attached hydrogens (tertiary/aromatic N) is 1. The molecular weight excluding hydrogens is 289 g/mol. The number of nitro benzene ring substituents is 1. The van der Waals surface area contributed by atoms with E-state index in [4.69, 9.17) is 27.9 Å². The fraction of sp³-hybridized carbons (Fsp3) is 0.0769. The van der Waals surface area contributed by atoms with Gasteiger partial charge in [-0.2, -0.15) is 0 Å². The fourth-order valence-electron chi connectivity index (χ4n) is 1.55. The molecular formula is C13H9Cl2NO3. The van der Waals surface area contributed by atoms with Gasteiger partial charge in [-0.1, -0.05) is 29.8 Å². The van der Waals surface area contributed by atoms with E-state index in [-0.39, 0.29) is 17.3 Å². The normalized spacial score (nSPS) is 10.2. The molecule has 2 aromatic rings. The Morgan fingerprint density at radius 2 is 1.89 bits per heavy atom. The summed E-state index contributed by atoms with van der Waals surface area (Å²) in [5, 5.41) is 11.4. The first-order valence-electron chi connectivity index (χ1n) is 5.37. The van der Waals surface area contributed by atoms with Gasteiger partial charge in [0.05, 0.1) is 10.8 Å². The Bertz CT molecular complexity index is 617. The zero-order valence-corrected chi connectivity index (χ0v) is 11.2. The smallest absolute Gasteiger partial charge is 0.311 e. The highest BCUT2D eigenvalue weighted by molar-refractivity contribution is 6.30. The van der Waals surface area contributed by atoms with Crippen LogP contribution < -0.4 is 4.74 Å². The van der Waals surface area contributed by atoms with Crippen molar-refractivity contribution in [2.75, 3.05) is 0 Å². The number of ether oxygens (including phenoxy) is 1. The molecule has 0 atom stereocenters. The molecule has 98 valence electrons. The molecule has 0 fully saturated rings. The summed E-state index contributed by atoms with van der Waals surface area (Å²) in [7, 11) is 0. The second-order valence-electron chi connectivity index (χ2n) is 3.71. The highest BCUT2D eigenvalue weighted by atomic mass is 35.5. The Labute approximate surface area is 119 Å². The van der Waals surface area contributed by atoms with Crippen molar-refractivity contribution in [2.24, 2.45) is 0 Å². The van der Waals surface area contributed by atoms with Crippen molar-refractivity contribution in [3.63, 3.8) is 0 Å². The molecule has 0 saturated heterocycles. The van der Waals surface area contributed by atoms with Crippen LogP contribution in [-0.2, 0) is 5.88 Å². The Balaban J connectivity index is 2.41. The second kappa shape index (κ2) is 5.91. The van der Waals surface area contributed by atoms with E-state index in [1.54, 1.807) is 30.3 Å². The van der Waals surface area contributed by atoms with Gasteiger partial charge in [0.2, 0.25) is 5.75 Å². The Kier molecular flexibility index (Phi) is 4.24. The minimum absolute atomic E-state index is 0.108. The summed E-state index contributed by atoms with van der Waals surface area (Å²) in [6, 6.07) is 11.1. The minimum atomic E-state index is -0.500. The van der Waals surface area contributed by atoms with Crippen molar-refractivity contribution in [3.05, 3.63) is 63.2 Å².